The Morgan fingerprint density at radius 3 is 2.94 bits per heavy atom. The molecule has 2 atom stereocenters. The number of rotatable bonds is 4. The molecule has 0 spiro atoms. The largest absolute Gasteiger partial charge is 0.332 e. The Kier molecular flexibility index (Phi) is 4.04. The van der Waals surface area contributed by atoms with Crippen molar-refractivity contribution in [2.75, 3.05) is 19.6 Å². The van der Waals surface area contributed by atoms with E-state index < -0.39 is 10.0 Å². The van der Waals surface area contributed by atoms with E-state index >= 15 is 0 Å². The maximum atomic E-state index is 12.0. The maximum absolute atomic E-state index is 12.0. The predicted molar refractivity (Wildman–Crippen MR) is 68.7 cm³/mol. The minimum absolute atomic E-state index is 0.136. The number of aromatic nitrogens is 2. The van der Waals surface area contributed by atoms with Crippen LogP contribution in [0.4, 0.5) is 0 Å². The topological polar surface area (TPSA) is 86.9 Å². The first-order valence-corrected chi connectivity index (χ1v) is 7.69. The lowest BCUT2D eigenvalue weighted by Crippen LogP contribution is -2.42. The Hall–Kier alpha value is -0.920. The van der Waals surface area contributed by atoms with Crippen LogP contribution in [0.1, 0.15) is 19.2 Å². The molecule has 1 fully saturated rings. The van der Waals surface area contributed by atoms with Crippen LogP contribution in [0.15, 0.2) is 11.2 Å². The Morgan fingerprint density at radius 1 is 1.56 bits per heavy atom. The zero-order valence-corrected chi connectivity index (χ0v) is 11.5. The van der Waals surface area contributed by atoms with E-state index in [2.05, 4.69) is 26.9 Å². The average molecular weight is 272 g/mol. The molecular formula is C11H20N4O2S. The van der Waals surface area contributed by atoms with Gasteiger partial charge in [-0.05, 0) is 38.3 Å². The second-order valence-electron chi connectivity index (χ2n) is 4.91. The van der Waals surface area contributed by atoms with Crippen LogP contribution in [0.25, 0.3) is 0 Å². The van der Waals surface area contributed by atoms with Gasteiger partial charge in [-0.1, -0.05) is 6.92 Å². The predicted octanol–water partition coefficient (Wildman–Crippen LogP) is 0.242. The van der Waals surface area contributed by atoms with Gasteiger partial charge >= 0.3 is 0 Å². The van der Waals surface area contributed by atoms with Crippen molar-refractivity contribution in [2.45, 2.75) is 25.3 Å². The smallest absolute Gasteiger partial charge is 0.257 e. The molecule has 1 saturated heterocycles. The number of hydrogen-bond donors (Lipinski definition) is 3. The number of sulfonamides is 1. The van der Waals surface area contributed by atoms with Gasteiger partial charge in [0.25, 0.3) is 10.0 Å². The molecule has 0 radical (unpaired) electrons. The molecule has 2 unspecified atom stereocenters. The van der Waals surface area contributed by atoms with E-state index in [0.717, 1.165) is 19.5 Å². The Labute approximate surface area is 108 Å². The zero-order chi connectivity index (χ0) is 13.2. The van der Waals surface area contributed by atoms with Gasteiger partial charge in [0, 0.05) is 6.54 Å². The third kappa shape index (κ3) is 3.09. The summed E-state index contributed by atoms with van der Waals surface area (Å²) in [6, 6.07) is 0. The number of nitrogens with zero attached hydrogens (tertiary/aromatic N) is 1. The molecule has 1 aromatic heterocycles. The van der Waals surface area contributed by atoms with E-state index in [1.54, 1.807) is 6.92 Å². The van der Waals surface area contributed by atoms with Gasteiger partial charge in [-0.15, -0.1) is 0 Å². The number of aryl methyl sites for hydroxylation is 1. The van der Waals surface area contributed by atoms with Crippen LogP contribution in [0.2, 0.25) is 0 Å². The van der Waals surface area contributed by atoms with Crippen molar-refractivity contribution in [3.8, 4) is 0 Å². The van der Waals surface area contributed by atoms with E-state index in [0.29, 0.717) is 24.2 Å². The summed E-state index contributed by atoms with van der Waals surface area (Å²) in [4.78, 5) is 6.64. The van der Waals surface area contributed by atoms with Gasteiger partial charge in [-0.25, -0.2) is 18.1 Å². The van der Waals surface area contributed by atoms with Gasteiger partial charge in [0.05, 0.1) is 6.20 Å². The molecule has 7 heteroatoms. The number of piperidine rings is 1. The van der Waals surface area contributed by atoms with Crippen molar-refractivity contribution in [3.63, 3.8) is 0 Å². The maximum Gasteiger partial charge on any atom is 0.257 e. The second kappa shape index (κ2) is 5.38. The Balaban J connectivity index is 1.96. The molecule has 0 saturated carbocycles. The first-order valence-electron chi connectivity index (χ1n) is 6.21. The lowest BCUT2D eigenvalue weighted by molar-refractivity contribution is 0.275. The highest BCUT2D eigenvalue weighted by Gasteiger charge is 2.24. The summed E-state index contributed by atoms with van der Waals surface area (Å²) < 4.78 is 26.6. The molecule has 2 heterocycles. The van der Waals surface area contributed by atoms with E-state index in [1.165, 1.54) is 6.20 Å². The normalized spacial score (nSPS) is 25.2. The van der Waals surface area contributed by atoms with Gasteiger partial charge in [0.15, 0.2) is 5.03 Å². The average Bonchev–Trinajstić information content (AvgIpc) is 2.76. The first kappa shape index (κ1) is 13.5. The molecule has 18 heavy (non-hydrogen) atoms. The third-order valence-corrected chi connectivity index (χ3v) is 4.83. The van der Waals surface area contributed by atoms with E-state index in [1.807, 2.05) is 0 Å². The molecule has 2 rings (SSSR count). The third-order valence-electron chi connectivity index (χ3n) is 3.49. The van der Waals surface area contributed by atoms with E-state index in [4.69, 9.17) is 0 Å². The lowest BCUT2D eigenvalue weighted by Gasteiger charge is -2.29. The standard InChI is InChI=1S/C11H20N4O2S/c1-8-3-4-12-5-10(8)6-14-18(16,17)11-7-13-9(2)15-11/h7-8,10,12,14H,3-6H2,1-2H3,(H,13,15). The number of H-pyrrole nitrogens is 1. The first-order chi connectivity index (χ1) is 8.49. The van der Waals surface area contributed by atoms with Crippen molar-refractivity contribution in [3.05, 3.63) is 12.0 Å². The highest BCUT2D eigenvalue weighted by atomic mass is 32.2. The molecular weight excluding hydrogens is 252 g/mol. The van der Waals surface area contributed by atoms with E-state index in [-0.39, 0.29) is 5.03 Å². The second-order valence-corrected chi connectivity index (χ2v) is 6.65. The van der Waals surface area contributed by atoms with Crippen LogP contribution in [-0.4, -0.2) is 38.0 Å². The molecule has 0 aliphatic carbocycles. The fourth-order valence-electron chi connectivity index (χ4n) is 2.16. The quantitative estimate of drug-likeness (QED) is 0.733. The molecule has 0 amide bonds. The minimum Gasteiger partial charge on any atom is -0.332 e. The molecule has 3 N–H and O–H groups in total. The molecule has 0 bridgehead atoms. The molecule has 102 valence electrons. The fraction of sp³-hybridized carbons (Fsp3) is 0.727. The Bertz CT molecular complexity index is 497. The van der Waals surface area contributed by atoms with Gasteiger partial charge < -0.3 is 10.3 Å². The van der Waals surface area contributed by atoms with Crippen LogP contribution >= 0.6 is 0 Å². The summed E-state index contributed by atoms with van der Waals surface area (Å²) in [6.45, 7) is 6.25. The van der Waals surface area contributed by atoms with Crippen molar-refractivity contribution in [2.24, 2.45) is 11.8 Å². The van der Waals surface area contributed by atoms with Gasteiger partial charge in [0.1, 0.15) is 5.82 Å². The van der Waals surface area contributed by atoms with Gasteiger partial charge in [-0.2, -0.15) is 0 Å². The molecule has 1 aliphatic heterocycles. The number of imidazole rings is 1. The molecule has 1 aliphatic rings. The molecule has 1 aromatic rings. The zero-order valence-electron chi connectivity index (χ0n) is 10.7. The van der Waals surface area contributed by atoms with Crippen LogP contribution in [0.3, 0.4) is 0 Å². The van der Waals surface area contributed by atoms with Crippen molar-refractivity contribution in [1.82, 2.24) is 20.0 Å². The van der Waals surface area contributed by atoms with Crippen molar-refractivity contribution >= 4 is 10.0 Å². The van der Waals surface area contributed by atoms with Gasteiger partial charge in [-0.3, -0.25) is 0 Å². The summed E-state index contributed by atoms with van der Waals surface area (Å²) in [7, 11) is -3.46. The minimum atomic E-state index is -3.46. The summed E-state index contributed by atoms with van der Waals surface area (Å²) >= 11 is 0. The summed E-state index contributed by atoms with van der Waals surface area (Å²) in [5.74, 6) is 1.48. The van der Waals surface area contributed by atoms with Gasteiger partial charge in [0.2, 0.25) is 0 Å². The van der Waals surface area contributed by atoms with Crippen LogP contribution in [-0.2, 0) is 10.0 Å². The van der Waals surface area contributed by atoms with E-state index in [9.17, 15) is 8.42 Å². The number of nitrogens with one attached hydrogen (secondary N) is 3. The van der Waals surface area contributed by atoms with Crippen LogP contribution in [0, 0.1) is 18.8 Å². The SMILES string of the molecule is Cc1ncc(S(=O)(=O)NCC2CNCCC2C)[nH]1. The van der Waals surface area contributed by atoms with Crippen LogP contribution in [0.5, 0.6) is 0 Å². The number of aromatic amines is 1. The highest BCUT2D eigenvalue weighted by molar-refractivity contribution is 7.89. The van der Waals surface area contributed by atoms with Crippen molar-refractivity contribution in [1.29, 1.82) is 0 Å². The summed E-state index contributed by atoms with van der Waals surface area (Å²) in [6.07, 6.45) is 2.44. The fourth-order valence-corrected chi connectivity index (χ4v) is 3.22. The number of hydrogen-bond acceptors (Lipinski definition) is 4. The van der Waals surface area contributed by atoms with Crippen LogP contribution < -0.4 is 10.0 Å². The Morgan fingerprint density at radius 2 is 2.33 bits per heavy atom. The monoisotopic (exact) mass is 272 g/mol. The lowest BCUT2D eigenvalue weighted by atomic mass is 9.88. The summed E-state index contributed by atoms with van der Waals surface area (Å²) in [5.41, 5.74) is 0. The summed E-state index contributed by atoms with van der Waals surface area (Å²) in [5, 5.41) is 3.43. The molecule has 0 aromatic carbocycles. The highest BCUT2D eigenvalue weighted by Crippen LogP contribution is 2.18. The van der Waals surface area contributed by atoms with Crippen molar-refractivity contribution < 1.29 is 8.42 Å². The molecule has 6 nitrogen and oxygen atoms in total.